The van der Waals surface area contributed by atoms with Crippen molar-refractivity contribution in [3.8, 4) is 12.3 Å². The quantitative estimate of drug-likeness (QED) is 0.772. The van der Waals surface area contributed by atoms with E-state index < -0.39 is 9.84 Å². The van der Waals surface area contributed by atoms with Crippen LogP contribution in [0.25, 0.3) is 0 Å². The second-order valence-corrected chi connectivity index (χ2v) is 6.65. The van der Waals surface area contributed by atoms with Crippen molar-refractivity contribution < 1.29 is 8.42 Å². The highest BCUT2D eigenvalue weighted by Crippen LogP contribution is 2.15. The van der Waals surface area contributed by atoms with Gasteiger partial charge in [0.15, 0.2) is 0 Å². The van der Waals surface area contributed by atoms with E-state index in [2.05, 4.69) is 32.3 Å². The molecule has 0 aliphatic carbocycles. The molecule has 98 valence electrons. The standard InChI is InChI=1S/C10H12BrN3O3S/c1-3-5-14-10(15)9(11)8(7-13-14)12-4-6-18(2,16)17/h1,7,12H,4-6H2,2H3. The molecule has 8 heteroatoms. The van der Waals surface area contributed by atoms with Crippen LogP contribution in [0.3, 0.4) is 0 Å². The van der Waals surface area contributed by atoms with Crippen molar-refractivity contribution in [2.75, 3.05) is 23.9 Å². The minimum atomic E-state index is -3.04. The molecule has 0 aliphatic heterocycles. The molecule has 0 saturated carbocycles. The Labute approximate surface area is 113 Å². The first-order valence-electron chi connectivity index (χ1n) is 4.96. The summed E-state index contributed by atoms with van der Waals surface area (Å²) in [6, 6.07) is 0. The summed E-state index contributed by atoms with van der Waals surface area (Å²) >= 11 is 3.13. The zero-order chi connectivity index (χ0) is 13.8. The molecule has 0 saturated heterocycles. The zero-order valence-electron chi connectivity index (χ0n) is 9.68. The molecule has 0 amide bonds. The molecular formula is C10H12BrN3O3S. The Morgan fingerprint density at radius 1 is 1.61 bits per heavy atom. The minimum absolute atomic E-state index is 0.0210. The summed E-state index contributed by atoms with van der Waals surface area (Å²) in [6.07, 6.45) is 7.67. The summed E-state index contributed by atoms with van der Waals surface area (Å²) in [5, 5.41) is 6.69. The minimum Gasteiger partial charge on any atom is -0.382 e. The molecule has 0 atom stereocenters. The van der Waals surface area contributed by atoms with Crippen LogP contribution in [0.1, 0.15) is 0 Å². The molecule has 1 rings (SSSR count). The summed E-state index contributed by atoms with van der Waals surface area (Å²) in [5.41, 5.74) is 0.0780. The number of hydrogen-bond acceptors (Lipinski definition) is 5. The highest BCUT2D eigenvalue weighted by Gasteiger charge is 2.08. The van der Waals surface area contributed by atoms with Gasteiger partial charge in [-0.3, -0.25) is 4.79 Å². The Morgan fingerprint density at radius 3 is 2.83 bits per heavy atom. The molecule has 0 fully saturated rings. The molecular weight excluding hydrogens is 322 g/mol. The number of aromatic nitrogens is 2. The van der Waals surface area contributed by atoms with E-state index in [0.29, 0.717) is 5.69 Å². The monoisotopic (exact) mass is 333 g/mol. The average molecular weight is 334 g/mol. The van der Waals surface area contributed by atoms with Crippen LogP contribution in [0.5, 0.6) is 0 Å². The molecule has 1 aromatic heterocycles. The molecule has 1 heterocycles. The highest BCUT2D eigenvalue weighted by atomic mass is 79.9. The Morgan fingerprint density at radius 2 is 2.28 bits per heavy atom. The predicted molar refractivity (Wildman–Crippen MR) is 73.2 cm³/mol. The lowest BCUT2D eigenvalue weighted by Crippen LogP contribution is -2.25. The third-order valence-electron chi connectivity index (χ3n) is 2.01. The summed E-state index contributed by atoms with van der Waals surface area (Å²) < 4.78 is 23.3. The Kier molecular flexibility index (Phi) is 4.93. The van der Waals surface area contributed by atoms with Crippen LogP contribution < -0.4 is 10.9 Å². The van der Waals surface area contributed by atoms with Gasteiger partial charge in [-0.1, -0.05) is 5.92 Å². The van der Waals surface area contributed by atoms with Crippen LogP contribution in [0.15, 0.2) is 15.5 Å². The van der Waals surface area contributed by atoms with E-state index in [9.17, 15) is 13.2 Å². The van der Waals surface area contributed by atoms with E-state index in [1.165, 1.54) is 6.20 Å². The first-order valence-corrected chi connectivity index (χ1v) is 7.81. The van der Waals surface area contributed by atoms with E-state index in [0.717, 1.165) is 10.9 Å². The highest BCUT2D eigenvalue weighted by molar-refractivity contribution is 9.10. The number of rotatable bonds is 5. The fourth-order valence-corrected chi connectivity index (χ4v) is 2.08. The predicted octanol–water partition coefficient (Wildman–Crippen LogP) is 0.0955. The van der Waals surface area contributed by atoms with E-state index >= 15 is 0 Å². The fourth-order valence-electron chi connectivity index (χ4n) is 1.16. The van der Waals surface area contributed by atoms with Crippen LogP contribution in [-0.2, 0) is 16.4 Å². The summed E-state index contributed by atoms with van der Waals surface area (Å²) in [4.78, 5) is 11.7. The lowest BCUT2D eigenvalue weighted by molar-refractivity contribution is 0.602. The van der Waals surface area contributed by atoms with Gasteiger partial charge in [0.1, 0.15) is 20.9 Å². The molecule has 1 aromatic rings. The SMILES string of the molecule is C#CCn1ncc(NCCS(C)(=O)=O)c(Br)c1=O. The smallest absolute Gasteiger partial charge is 0.284 e. The van der Waals surface area contributed by atoms with Crippen LogP contribution in [0.2, 0.25) is 0 Å². The molecule has 18 heavy (non-hydrogen) atoms. The Hall–Kier alpha value is -1.33. The number of nitrogens with zero attached hydrogens (tertiary/aromatic N) is 2. The maximum absolute atomic E-state index is 11.7. The van der Waals surface area contributed by atoms with E-state index in [1.54, 1.807) is 0 Å². The van der Waals surface area contributed by atoms with E-state index in [-0.39, 0.29) is 28.9 Å². The summed E-state index contributed by atoms with van der Waals surface area (Å²) in [5.74, 6) is 2.29. The first-order chi connectivity index (χ1) is 8.35. The molecule has 0 spiro atoms. The van der Waals surface area contributed by atoms with Crippen LogP contribution in [0.4, 0.5) is 5.69 Å². The van der Waals surface area contributed by atoms with Crippen LogP contribution in [-0.4, -0.2) is 36.8 Å². The number of terminal acetylenes is 1. The van der Waals surface area contributed by atoms with Crippen LogP contribution >= 0.6 is 15.9 Å². The third kappa shape index (κ3) is 4.16. The van der Waals surface area contributed by atoms with Gasteiger partial charge in [0.05, 0.1) is 17.6 Å². The third-order valence-corrected chi connectivity index (χ3v) is 3.73. The number of anilines is 1. The Bertz CT molecular complexity index is 631. The van der Waals surface area contributed by atoms with Gasteiger partial charge in [-0.2, -0.15) is 5.10 Å². The van der Waals surface area contributed by atoms with Crippen molar-refractivity contribution in [2.45, 2.75) is 6.54 Å². The van der Waals surface area contributed by atoms with Gasteiger partial charge in [0.25, 0.3) is 5.56 Å². The fraction of sp³-hybridized carbons (Fsp3) is 0.400. The second kappa shape index (κ2) is 6.02. The molecule has 6 nitrogen and oxygen atoms in total. The van der Waals surface area contributed by atoms with Gasteiger partial charge >= 0.3 is 0 Å². The summed E-state index contributed by atoms with van der Waals surface area (Å²) in [6.45, 7) is 0.290. The van der Waals surface area contributed by atoms with Gasteiger partial charge in [0.2, 0.25) is 0 Å². The molecule has 0 bridgehead atoms. The number of nitrogens with one attached hydrogen (secondary N) is 1. The topological polar surface area (TPSA) is 81.1 Å². The maximum atomic E-state index is 11.7. The second-order valence-electron chi connectivity index (χ2n) is 3.60. The van der Waals surface area contributed by atoms with Crippen LogP contribution in [0, 0.1) is 12.3 Å². The Balaban J connectivity index is 2.84. The van der Waals surface area contributed by atoms with Gasteiger partial charge in [-0.25, -0.2) is 13.1 Å². The zero-order valence-corrected chi connectivity index (χ0v) is 12.1. The molecule has 1 N–H and O–H groups in total. The molecule has 0 unspecified atom stereocenters. The summed E-state index contributed by atoms with van der Waals surface area (Å²) in [7, 11) is -3.04. The van der Waals surface area contributed by atoms with Gasteiger partial charge in [-0.15, -0.1) is 6.42 Å². The van der Waals surface area contributed by atoms with Crippen molar-refractivity contribution in [3.05, 3.63) is 21.0 Å². The normalized spacial score (nSPS) is 10.9. The number of hydrogen-bond donors (Lipinski definition) is 1. The van der Waals surface area contributed by atoms with Crippen molar-refractivity contribution in [1.82, 2.24) is 9.78 Å². The van der Waals surface area contributed by atoms with Crippen molar-refractivity contribution >= 4 is 31.5 Å². The number of halogens is 1. The van der Waals surface area contributed by atoms with E-state index in [4.69, 9.17) is 6.42 Å². The van der Waals surface area contributed by atoms with Crippen molar-refractivity contribution in [1.29, 1.82) is 0 Å². The molecule has 0 aromatic carbocycles. The lowest BCUT2D eigenvalue weighted by atomic mass is 10.4. The average Bonchev–Trinajstić information content (AvgIpc) is 2.27. The van der Waals surface area contributed by atoms with E-state index in [1.807, 2.05) is 0 Å². The first kappa shape index (κ1) is 14.7. The van der Waals surface area contributed by atoms with Gasteiger partial charge in [0, 0.05) is 12.8 Å². The van der Waals surface area contributed by atoms with Crippen molar-refractivity contribution in [3.63, 3.8) is 0 Å². The largest absolute Gasteiger partial charge is 0.382 e. The van der Waals surface area contributed by atoms with Gasteiger partial charge < -0.3 is 5.32 Å². The van der Waals surface area contributed by atoms with Gasteiger partial charge in [-0.05, 0) is 15.9 Å². The number of sulfone groups is 1. The van der Waals surface area contributed by atoms with Crippen molar-refractivity contribution in [2.24, 2.45) is 0 Å². The molecule has 0 radical (unpaired) electrons. The maximum Gasteiger partial charge on any atom is 0.284 e. The lowest BCUT2D eigenvalue weighted by Gasteiger charge is -2.08. The molecule has 0 aliphatic rings.